The highest BCUT2D eigenvalue weighted by atomic mass is 19.1. The molecule has 7 nitrogen and oxygen atoms in total. The van der Waals surface area contributed by atoms with Crippen LogP contribution in [0.2, 0.25) is 0 Å². The third kappa shape index (κ3) is 3.73. The molecule has 0 atom stereocenters. The fraction of sp³-hybridized carbons (Fsp3) is 0.250. The summed E-state index contributed by atoms with van der Waals surface area (Å²) in [5, 5.41) is 19.1. The van der Waals surface area contributed by atoms with Gasteiger partial charge in [0.25, 0.3) is 5.56 Å². The van der Waals surface area contributed by atoms with E-state index in [4.69, 9.17) is 0 Å². The molecule has 32 heavy (non-hydrogen) atoms. The minimum Gasteiger partial charge on any atom is -0.392 e. The van der Waals surface area contributed by atoms with Crippen molar-refractivity contribution in [3.63, 3.8) is 0 Å². The van der Waals surface area contributed by atoms with Gasteiger partial charge in [-0.1, -0.05) is 26.8 Å². The number of hydrogen-bond acceptors (Lipinski definition) is 5. The zero-order valence-electron chi connectivity index (χ0n) is 18.4. The van der Waals surface area contributed by atoms with Gasteiger partial charge < -0.3 is 5.11 Å². The van der Waals surface area contributed by atoms with Crippen LogP contribution in [0.3, 0.4) is 0 Å². The van der Waals surface area contributed by atoms with Crippen molar-refractivity contribution in [3.05, 3.63) is 81.8 Å². The second-order valence-corrected chi connectivity index (χ2v) is 8.57. The molecule has 0 unspecified atom stereocenters. The summed E-state index contributed by atoms with van der Waals surface area (Å²) in [6, 6.07) is 8.36. The molecule has 0 aliphatic carbocycles. The van der Waals surface area contributed by atoms with Crippen molar-refractivity contribution in [2.24, 2.45) is 4.99 Å². The molecule has 2 aromatic heterocycles. The van der Waals surface area contributed by atoms with Crippen LogP contribution in [0, 0.1) is 5.82 Å². The molecule has 0 bridgehead atoms. The fourth-order valence-corrected chi connectivity index (χ4v) is 3.66. The van der Waals surface area contributed by atoms with E-state index in [-0.39, 0.29) is 17.4 Å². The molecule has 0 aliphatic rings. The van der Waals surface area contributed by atoms with Crippen molar-refractivity contribution in [1.29, 1.82) is 0 Å². The van der Waals surface area contributed by atoms with Gasteiger partial charge in [0.15, 0.2) is 0 Å². The third-order valence-electron chi connectivity index (χ3n) is 5.35. The van der Waals surface area contributed by atoms with Crippen molar-refractivity contribution < 1.29 is 9.50 Å². The summed E-state index contributed by atoms with van der Waals surface area (Å²) in [4.78, 5) is 17.2. The van der Waals surface area contributed by atoms with Crippen molar-refractivity contribution in [2.45, 2.75) is 32.8 Å². The van der Waals surface area contributed by atoms with Gasteiger partial charge in [-0.2, -0.15) is 14.9 Å². The lowest BCUT2D eigenvalue weighted by Gasteiger charge is -2.20. The summed E-state index contributed by atoms with van der Waals surface area (Å²) in [7, 11) is 1.67. The van der Waals surface area contributed by atoms with Gasteiger partial charge in [0, 0.05) is 36.0 Å². The summed E-state index contributed by atoms with van der Waals surface area (Å²) in [6.45, 7) is 5.58. The van der Waals surface area contributed by atoms with Crippen molar-refractivity contribution in [2.75, 3.05) is 7.05 Å². The molecule has 2 heterocycles. The number of aliphatic hydroxyl groups excluding tert-OH is 1. The number of aromatic nitrogens is 4. The maximum Gasteiger partial charge on any atom is 0.282 e. The monoisotopic (exact) mass is 433 g/mol. The first-order valence-electron chi connectivity index (χ1n) is 10.2. The molecule has 164 valence electrons. The molecule has 0 aliphatic heterocycles. The van der Waals surface area contributed by atoms with Crippen LogP contribution in [0.15, 0.2) is 58.7 Å². The standard InChI is InChI=1S/C24H24FN5O2/c1-24(2,3)17-8-16-12-28-30(23(32)22(16)19(25)9-17)21-7-5-6-20(18(21)14-31)29-13-15(10-26-4)11-27-29/h5-13,31H,14H2,1-4H3. The first-order chi connectivity index (χ1) is 15.2. The summed E-state index contributed by atoms with van der Waals surface area (Å²) in [5.74, 6) is -0.592. The first-order valence-corrected chi connectivity index (χ1v) is 10.2. The number of halogens is 1. The largest absolute Gasteiger partial charge is 0.392 e. The Balaban J connectivity index is 1.92. The predicted molar refractivity (Wildman–Crippen MR) is 123 cm³/mol. The van der Waals surface area contributed by atoms with E-state index < -0.39 is 11.4 Å². The number of aliphatic hydroxyl groups is 1. The van der Waals surface area contributed by atoms with Crippen LogP contribution < -0.4 is 5.56 Å². The van der Waals surface area contributed by atoms with Crippen LogP contribution in [-0.2, 0) is 12.0 Å². The SMILES string of the molecule is CN=Cc1cnn(-c2cccc(-n3ncc4cc(C(C)(C)C)cc(F)c4c3=O)c2CO)c1. The van der Waals surface area contributed by atoms with Gasteiger partial charge in [-0.05, 0) is 35.2 Å². The topological polar surface area (TPSA) is 85.3 Å². The molecule has 0 saturated heterocycles. The summed E-state index contributed by atoms with van der Waals surface area (Å²) < 4.78 is 17.7. The number of benzene rings is 2. The first kappa shape index (κ1) is 21.6. The second kappa shape index (κ2) is 8.12. The molecule has 0 fully saturated rings. The van der Waals surface area contributed by atoms with Crippen LogP contribution in [0.5, 0.6) is 0 Å². The van der Waals surface area contributed by atoms with Crippen LogP contribution in [-0.4, -0.2) is 37.9 Å². The Morgan fingerprint density at radius 1 is 1.16 bits per heavy atom. The molecule has 0 saturated carbocycles. The molecule has 4 rings (SSSR count). The van der Waals surface area contributed by atoms with E-state index in [9.17, 15) is 9.90 Å². The van der Waals surface area contributed by atoms with E-state index in [0.717, 1.165) is 15.8 Å². The Morgan fingerprint density at radius 2 is 1.91 bits per heavy atom. The Kier molecular flexibility index (Phi) is 5.48. The maximum atomic E-state index is 15.0. The van der Waals surface area contributed by atoms with Crippen molar-refractivity contribution in [3.8, 4) is 11.4 Å². The molecular formula is C24H24FN5O2. The Labute approximate surface area is 184 Å². The quantitative estimate of drug-likeness (QED) is 0.499. The average molecular weight is 433 g/mol. The van der Waals surface area contributed by atoms with Crippen molar-refractivity contribution in [1.82, 2.24) is 19.6 Å². The van der Waals surface area contributed by atoms with Crippen LogP contribution in [0.1, 0.15) is 37.5 Å². The van der Waals surface area contributed by atoms with Gasteiger partial charge in [-0.3, -0.25) is 9.79 Å². The second-order valence-electron chi connectivity index (χ2n) is 8.57. The Morgan fingerprint density at radius 3 is 2.59 bits per heavy atom. The van der Waals surface area contributed by atoms with Crippen LogP contribution >= 0.6 is 0 Å². The average Bonchev–Trinajstić information content (AvgIpc) is 3.21. The zero-order valence-corrected chi connectivity index (χ0v) is 18.4. The minimum atomic E-state index is -0.592. The molecule has 0 amide bonds. The van der Waals surface area contributed by atoms with Crippen LogP contribution in [0.4, 0.5) is 4.39 Å². The van der Waals surface area contributed by atoms with E-state index in [0.29, 0.717) is 22.3 Å². The molecule has 1 N–H and O–H groups in total. The molecule has 4 aromatic rings. The molecule has 0 radical (unpaired) electrons. The molecule has 2 aromatic carbocycles. The smallest absolute Gasteiger partial charge is 0.282 e. The van der Waals surface area contributed by atoms with Crippen molar-refractivity contribution >= 4 is 17.0 Å². The third-order valence-corrected chi connectivity index (χ3v) is 5.35. The van der Waals surface area contributed by atoms with Gasteiger partial charge in [0.2, 0.25) is 0 Å². The van der Waals surface area contributed by atoms with Gasteiger partial charge >= 0.3 is 0 Å². The van der Waals surface area contributed by atoms with Gasteiger partial charge in [-0.25, -0.2) is 9.07 Å². The zero-order chi connectivity index (χ0) is 23.0. The van der Waals surface area contributed by atoms with E-state index in [1.54, 1.807) is 54.6 Å². The molecule has 8 heteroatoms. The lowest BCUT2D eigenvalue weighted by molar-refractivity contribution is 0.280. The molecule has 0 spiro atoms. The van der Waals surface area contributed by atoms with E-state index in [1.165, 1.54) is 12.3 Å². The normalized spacial score (nSPS) is 12.2. The highest BCUT2D eigenvalue weighted by Gasteiger charge is 2.20. The highest BCUT2D eigenvalue weighted by Crippen LogP contribution is 2.27. The number of rotatable bonds is 4. The summed E-state index contributed by atoms with van der Waals surface area (Å²) >= 11 is 0. The van der Waals surface area contributed by atoms with Crippen LogP contribution in [0.25, 0.3) is 22.1 Å². The van der Waals surface area contributed by atoms with Gasteiger partial charge in [-0.15, -0.1) is 0 Å². The number of aliphatic imine (C=N–C) groups is 1. The lowest BCUT2D eigenvalue weighted by Crippen LogP contribution is -2.24. The maximum absolute atomic E-state index is 15.0. The Bertz CT molecular complexity index is 1400. The highest BCUT2D eigenvalue weighted by molar-refractivity contribution is 5.82. The predicted octanol–water partition coefficient (Wildman–Crippen LogP) is 3.55. The Hall–Kier alpha value is -3.65. The number of fused-ring (bicyclic) bond motifs is 1. The summed E-state index contributed by atoms with van der Waals surface area (Å²) in [6.07, 6.45) is 6.54. The molecular weight excluding hydrogens is 409 g/mol. The number of hydrogen-bond donors (Lipinski definition) is 1. The minimum absolute atomic E-state index is 0.0391. The van der Waals surface area contributed by atoms with E-state index in [2.05, 4.69) is 15.2 Å². The lowest BCUT2D eigenvalue weighted by atomic mass is 9.86. The van der Waals surface area contributed by atoms with E-state index >= 15 is 4.39 Å². The van der Waals surface area contributed by atoms with Gasteiger partial charge in [0.05, 0.1) is 35.8 Å². The number of nitrogens with zero attached hydrogens (tertiary/aromatic N) is 5. The van der Waals surface area contributed by atoms with E-state index in [1.807, 2.05) is 20.8 Å². The summed E-state index contributed by atoms with van der Waals surface area (Å²) in [5.41, 5.74) is 2.09. The van der Waals surface area contributed by atoms with Gasteiger partial charge in [0.1, 0.15) is 5.82 Å². The fourth-order valence-electron chi connectivity index (χ4n) is 3.66.